The van der Waals surface area contributed by atoms with E-state index in [9.17, 15) is 10.2 Å². The molecule has 2 aromatic rings. The van der Waals surface area contributed by atoms with E-state index in [0.717, 1.165) is 56.3 Å². The van der Waals surface area contributed by atoms with Crippen LogP contribution in [0.3, 0.4) is 0 Å². The fourth-order valence-corrected chi connectivity index (χ4v) is 4.27. The molecule has 1 aromatic carbocycles. The molecule has 0 aliphatic rings. The Morgan fingerprint density at radius 1 is 0.788 bits per heavy atom. The van der Waals surface area contributed by atoms with Crippen molar-refractivity contribution in [3.8, 4) is 11.1 Å². The lowest BCUT2D eigenvalue weighted by Crippen LogP contribution is -2.18. The topological polar surface area (TPSA) is 53.4 Å². The van der Waals surface area contributed by atoms with Gasteiger partial charge in [-0.25, -0.2) is 0 Å². The highest BCUT2D eigenvalue weighted by Gasteiger charge is 2.18. The van der Waals surface area contributed by atoms with Crippen molar-refractivity contribution in [3.63, 3.8) is 0 Å². The molecule has 0 saturated carbocycles. The Hall–Kier alpha value is -1.71. The summed E-state index contributed by atoms with van der Waals surface area (Å²) in [6.45, 7) is 12.7. The normalized spacial score (nSPS) is 13.6. The maximum absolute atomic E-state index is 10.5. The van der Waals surface area contributed by atoms with E-state index in [1.807, 2.05) is 0 Å². The molecule has 3 nitrogen and oxygen atoms in total. The standard InChI is InChI=1S/C30H47NO2/c1-7-9-10-11-26-27(24-14-12-23(8-2)13-15-24)20-25(16-18-29(32)21(3)4)31-28(26)17-19-30(33)22(5)6/h12-15,20-22,29-30,32-33H,7-11,16-19H2,1-6H3. The summed E-state index contributed by atoms with van der Waals surface area (Å²) in [6, 6.07) is 11.2. The molecule has 2 unspecified atom stereocenters. The number of hydrogen-bond donors (Lipinski definition) is 2. The highest BCUT2D eigenvalue weighted by molar-refractivity contribution is 5.69. The molecule has 0 spiro atoms. The van der Waals surface area contributed by atoms with Crippen LogP contribution in [0.2, 0.25) is 0 Å². The summed E-state index contributed by atoms with van der Waals surface area (Å²) in [4.78, 5) is 5.11. The molecule has 2 rings (SSSR count). The molecule has 0 bridgehead atoms. The van der Waals surface area contributed by atoms with Crippen LogP contribution in [0, 0.1) is 11.8 Å². The van der Waals surface area contributed by atoms with Gasteiger partial charge in [-0.3, -0.25) is 4.98 Å². The Bertz CT molecular complexity index is 826. The van der Waals surface area contributed by atoms with Crippen molar-refractivity contribution < 1.29 is 10.2 Å². The molecule has 184 valence electrons. The Morgan fingerprint density at radius 2 is 1.39 bits per heavy atom. The molecule has 2 N–H and O–H groups in total. The first kappa shape index (κ1) is 27.5. The van der Waals surface area contributed by atoms with E-state index >= 15 is 0 Å². The van der Waals surface area contributed by atoms with E-state index < -0.39 is 0 Å². The third-order valence-corrected chi connectivity index (χ3v) is 6.88. The second kappa shape index (κ2) is 13.9. The van der Waals surface area contributed by atoms with Gasteiger partial charge in [0.15, 0.2) is 0 Å². The Balaban J connectivity index is 2.48. The minimum atomic E-state index is -0.311. The summed E-state index contributed by atoms with van der Waals surface area (Å²) in [5.74, 6) is 0.499. The number of aliphatic hydroxyl groups excluding tert-OH is 2. The van der Waals surface area contributed by atoms with Gasteiger partial charge in [0.1, 0.15) is 0 Å². The van der Waals surface area contributed by atoms with Crippen LogP contribution in [-0.2, 0) is 25.7 Å². The molecule has 0 amide bonds. The van der Waals surface area contributed by atoms with Crippen LogP contribution >= 0.6 is 0 Å². The molecule has 0 radical (unpaired) electrons. The number of benzene rings is 1. The number of nitrogens with zero attached hydrogens (tertiary/aromatic N) is 1. The average Bonchev–Trinajstić information content (AvgIpc) is 2.81. The maximum atomic E-state index is 10.5. The molecule has 0 aliphatic heterocycles. The third kappa shape index (κ3) is 8.54. The van der Waals surface area contributed by atoms with Crippen molar-refractivity contribution in [3.05, 3.63) is 52.8 Å². The Kier molecular flexibility index (Phi) is 11.6. The zero-order chi connectivity index (χ0) is 24.4. The molecule has 33 heavy (non-hydrogen) atoms. The van der Waals surface area contributed by atoms with Crippen LogP contribution in [0.25, 0.3) is 11.1 Å². The van der Waals surface area contributed by atoms with Crippen LogP contribution in [-0.4, -0.2) is 27.4 Å². The smallest absolute Gasteiger partial charge is 0.0566 e. The number of aliphatic hydroxyl groups is 2. The number of aromatic nitrogens is 1. The predicted octanol–water partition coefficient (Wildman–Crippen LogP) is 6.94. The van der Waals surface area contributed by atoms with Gasteiger partial charge in [0.25, 0.3) is 0 Å². The van der Waals surface area contributed by atoms with Gasteiger partial charge in [-0.2, -0.15) is 0 Å². The van der Waals surface area contributed by atoms with E-state index in [-0.39, 0.29) is 24.0 Å². The number of rotatable bonds is 14. The van der Waals surface area contributed by atoms with Crippen LogP contribution < -0.4 is 0 Å². The predicted molar refractivity (Wildman–Crippen MR) is 141 cm³/mol. The van der Waals surface area contributed by atoms with E-state index in [1.165, 1.54) is 35.1 Å². The molecule has 2 atom stereocenters. The fourth-order valence-electron chi connectivity index (χ4n) is 4.27. The third-order valence-electron chi connectivity index (χ3n) is 6.88. The van der Waals surface area contributed by atoms with Crippen molar-refractivity contribution in [2.45, 2.75) is 112 Å². The molecule has 0 aliphatic carbocycles. The van der Waals surface area contributed by atoms with Gasteiger partial charge < -0.3 is 10.2 Å². The molecule has 3 heteroatoms. The lowest BCUT2D eigenvalue weighted by atomic mass is 9.90. The van der Waals surface area contributed by atoms with Crippen LogP contribution in [0.15, 0.2) is 30.3 Å². The average molecular weight is 454 g/mol. The van der Waals surface area contributed by atoms with E-state index in [4.69, 9.17) is 4.98 Å². The number of unbranched alkanes of at least 4 members (excludes halogenated alkanes) is 2. The summed E-state index contributed by atoms with van der Waals surface area (Å²) >= 11 is 0. The summed E-state index contributed by atoms with van der Waals surface area (Å²) in [6.07, 6.45) is 8.03. The van der Waals surface area contributed by atoms with Gasteiger partial charge in [-0.05, 0) is 85.1 Å². The number of aryl methyl sites for hydroxylation is 3. The largest absolute Gasteiger partial charge is 0.393 e. The van der Waals surface area contributed by atoms with E-state index in [2.05, 4.69) is 71.9 Å². The first-order chi connectivity index (χ1) is 15.8. The summed E-state index contributed by atoms with van der Waals surface area (Å²) in [5, 5.41) is 20.9. The molecule has 0 fully saturated rings. The van der Waals surface area contributed by atoms with E-state index in [0.29, 0.717) is 0 Å². The fraction of sp³-hybridized carbons (Fsp3) is 0.633. The van der Waals surface area contributed by atoms with Crippen LogP contribution in [0.5, 0.6) is 0 Å². The summed E-state index contributed by atoms with van der Waals surface area (Å²) < 4.78 is 0. The Labute approximate surface area is 202 Å². The Morgan fingerprint density at radius 3 is 1.94 bits per heavy atom. The molecular weight excluding hydrogens is 406 g/mol. The lowest BCUT2D eigenvalue weighted by Gasteiger charge is -2.20. The molecule has 1 aromatic heterocycles. The monoisotopic (exact) mass is 453 g/mol. The second-order valence-corrected chi connectivity index (χ2v) is 10.3. The maximum Gasteiger partial charge on any atom is 0.0566 e. The number of hydrogen-bond acceptors (Lipinski definition) is 3. The minimum Gasteiger partial charge on any atom is -0.393 e. The minimum absolute atomic E-state index is 0.249. The quantitative estimate of drug-likeness (QED) is 0.305. The van der Waals surface area contributed by atoms with Crippen molar-refractivity contribution >= 4 is 0 Å². The van der Waals surface area contributed by atoms with Gasteiger partial charge in [0.05, 0.1) is 12.2 Å². The van der Waals surface area contributed by atoms with Gasteiger partial charge in [0, 0.05) is 11.4 Å². The second-order valence-electron chi connectivity index (χ2n) is 10.3. The van der Waals surface area contributed by atoms with Crippen molar-refractivity contribution in [2.24, 2.45) is 11.8 Å². The zero-order valence-electron chi connectivity index (χ0n) is 21.9. The SMILES string of the molecule is CCCCCc1c(-c2ccc(CC)cc2)cc(CCC(O)C(C)C)nc1CCC(O)C(C)C. The van der Waals surface area contributed by atoms with Gasteiger partial charge in [-0.1, -0.05) is 78.6 Å². The molecule has 1 heterocycles. The van der Waals surface area contributed by atoms with Crippen molar-refractivity contribution in [1.29, 1.82) is 0 Å². The first-order valence-corrected chi connectivity index (χ1v) is 13.2. The van der Waals surface area contributed by atoms with Gasteiger partial charge in [-0.15, -0.1) is 0 Å². The summed E-state index contributed by atoms with van der Waals surface area (Å²) in [7, 11) is 0. The van der Waals surface area contributed by atoms with Gasteiger partial charge >= 0.3 is 0 Å². The highest BCUT2D eigenvalue weighted by atomic mass is 16.3. The highest BCUT2D eigenvalue weighted by Crippen LogP contribution is 2.30. The van der Waals surface area contributed by atoms with Crippen molar-refractivity contribution in [1.82, 2.24) is 4.98 Å². The van der Waals surface area contributed by atoms with Crippen LogP contribution in [0.1, 0.15) is 96.2 Å². The first-order valence-electron chi connectivity index (χ1n) is 13.2. The van der Waals surface area contributed by atoms with E-state index in [1.54, 1.807) is 0 Å². The molecular formula is C30H47NO2. The van der Waals surface area contributed by atoms with Gasteiger partial charge in [0.2, 0.25) is 0 Å². The zero-order valence-corrected chi connectivity index (χ0v) is 21.9. The van der Waals surface area contributed by atoms with Crippen LogP contribution in [0.4, 0.5) is 0 Å². The lowest BCUT2D eigenvalue weighted by molar-refractivity contribution is 0.115. The van der Waals surface area contributed by atoms with Crippen molar-refractivity contribution in [2.75, 3.05) is 0 Å². The molecule has 0 saturated heterocycles. The summed E-state index contributed by atoms with van der Waals surface area (Å²) in [5.41, 5.74) is 7.41. The number of pyridine rings is 1.